The molecule has 0 fully saturated rings. The van der Waals surface area contributed by atoms with E-state index in [-0.39, 0.29) is 5.82 Å². The molecule has 1 aromatic rings. The van der Waals surface area contributed by atoms with E-state index in [9.17, 15) is 4.39 Å². The maximum absolute atomic E-state index is 12.8. The van der Waals surface area contributed by atoms with Gasteiger partial charge in [0.2, 0.25) is 0 Å². The molecule has 1 atom stereocenters. The van der Waals surface area contributed by atoms with Gasteiger partial charge in [-0.2, -0.15) is 11.8 Å². The molecular formula is C11H16FNS. The standard InChI is InChI=1S/C11H16FNS/c1-8-5-11(12)4-3-10(8)7-14-9(2)6-13/h3-5,9H,6-7,13H2,1-2H3. The summed E-state index contributed by atoms with van der Waals surface area (Å²) >= 11 is 1.80. The summed E-state index contributed by atoms with van der Waals surface area (Å²) < 4.78 is 12.8. The molecule has 0 aliphatic carbocycles. The van der Waals surface area contributed by atoms with Gasteiger partial charge in [-0.1, -0.05) is 13.0 Å². The summed E-state index contributed by atoms with van der Waals surface area (Å²) in [6, 6.07) is 4.93. The molecule has 0 aliphatic rings. The molecule has 0 bridgehead atoms. The second-order valence-electron chi connectivity index (χ2n) is 3.43. The van der Waals surface area contributed by atoms with Crippen molar-refractivity contribution >= 4 is 11.8 Å². The van der Waals surface area contributed by atoms with Gasteiger partial charge >= 0.3 is 0 Å². The second kappa shape index (κ2) is 5.37. The summed E-state index contributed by atoms with van der Waals surface area (Å²) in [7, 11) is 0. The fourth-order valence-corrected chi connectivity index (χ4v) is 2.05. The van der Waals surface area contributed by atoms with Crippen LogP contribution in [0.4, 0.5) is 4.39 Å². The second-order valence-corrected chi connectivity index (χ2v) is 4.85. The third-order valence-corrected chi connectivity index (χ3v) is 3.40. The predicted octanol–water partition coefficient (Wildman–Crippen LogP) is 2.71. The molecule has 0 spiro atoms. The van der Waals surface area contributed by atoms with Crippen LogP contribution in [0.2, 0.25) is 0 Å². The lowest BCUT2D eigenvalue weighted by Gasteiger charge is -2.09. The summed E-state index contributed by atoms with van der Waals surface area (Å²) in [5.74, 6) is 0.743. The molecule has 0 saturated carbocycles. The highest BCUT2D eigenvalue weighted by molar-refractivity contribution is 7.99. The van der Waals surface area contributed by atoms with E-state index in [4.69, 9.17) is 5.73 Å². The molecule has 0 saturated heterocycles. The van der Waals surface area contributed by atoms with Crippen molar-refractivity contribution in [3.8, 4) is 0 Å². The molecule has 1 rings (SSSR count). The molecule has 0 aromatic heterocycles. The van der Waals surface area contributed by atoms with Gasteiger partial charge in [0.25, 0.3) is 0 Å². The maximum Gasteiger partial charge on any atom is 0.123 e. The van der Waals surface area contributed by atoms with Crippen molar-refractivity contribution in [3.05, 3.63) is 35.1 Å². The molecule has 3 heteroatoms. The first-order valence-electron chi connectivity index (χ1n) is 4.70. The van der Waals surface area contributed by atoms with E-state index >= 15 is 0 Å². The van der Waals surface area contributed by atoms with Crippen molar-refractivity contribution in [1.82, 2.24) is 0 Å². The Bertz CT molecular complexity index is 301. The number of rotatable bonds is 4. The zero-order chi connectivity index (χ0) is 10.6. The van der Waals surface area contributed by atoms with E-state index in [1.807, 2.05) is 13.0 Å². The molecule has 14 heavy (non-hydrogen) atoms. The van der Waals surface area contributed by atoms with Gasteiger partial charge in [0.05, 0.1) is 0 Å². The first-order valence-corrected chi connectivity index (χ1v) is 5.75. The summed E-state index contributed by atoms with van der Waals surface area (Å²) in [5, 5.41) is 0.458. The van der Waals surface area contributed by atoms with Crippen molar-refractivity contribution in [2.75, 3.05) is 6.54 Å². The zero-order valence-corrected chi connectivity index (χ0v) is 9.40. The smallest absolute Gasteiger partial charge is 0.123 e. The van der Waals surface area contributed by atoms with E-state index in [2.05, 4.69) is 6.92 Å². The van der Waals surface area contributed by atoms with Crippen LogP contribution in [0.3, 0.4) is 0 Å². The molecule has 0 radical (unpaired) electrons. The number of hydrogen-bond donors (Lipinski definition) is 1. The summed E-state index contributed by atoms with van der Waals surface area (Å²) in [6.07, 6.45) is 0. The van der Waals surface area contributed by atoms with Crippen LogP contribution in [0.5, 0.6) is 0 Å². The normalized spacial score (nSPS) is 12.9. The van der Waals surface area contributed by atoms with Crippen molar-refractivity contribution in [2.45, 2.75) is 24.9 Å². The van der Waals surface area contributed by atoms with Crippen LogP contribution >= 0.6 is 11.8 Å². The molecule has 0 amide bonds. The lowest BCUT2D eigenvalue weighted by Crippen LogP contribution is -2.12. The van der Waals surface area contributed by atoms with Gasteiger partial charge in [0, 0.05) is 17.5 Å². The lowest BCUT2D eigenvalue weighted by atomic mass is 10.1. The number of aryl methyl sites for hydroxylation is 1. The van der Waals surface area contributed by atoms with Crippen LogP contribution in [0.25, 0.3) is 0 Å². The molecule has 1 aromatic carbocycles. The van der Waals surface area contributed by atoms with Crippen molar-refractivity contribution in [3.63, 3.8) is 0 Å². The highest BCUT2D eigenvalue weighted by Crippen LogP contribution is 2.20. The van der Waals surface area contributed by atoms with Crippen LogP contribution in [-0.4, -0.2) is 11.8 Å². The van der Waals surface area contributed by atoms with E-state index in [0.29, 0.717) is 11.8 Å². The van der Waals surface area contributed by atoms with E-state index < -0.39 is 0 Å². The minimum absolute atomic E-state index is 0.164. The van der Waals surface area contributed by atoms with Crippen LogP contribution in [-0.2, 0) is 5.75 Å². The SMILES string of the molecule is Cc1cc(F)ccc1CSC(C)CN. The van der Waals surface area contributed by atoms with Crippen LogP contribution < -0.4 is 5.73 Å². The fourth-order valence-electron chi connectivity index (χ4n) is 1.12. The average molecular weight is 213 g/mol. The Morgan fingerprint density at radius 1 is 1.50 bits per heavy atom. The molecule has 1 nitrogen and oxygen atoms in total. The first kappa shape index (κ1) is 11.5. The summed E-state index contributed by atoms with van der Waals surface area (Å²) in [4.78, 5) is 0. The third-order valence-electron chi connectivity index (χ3n) is 2.16. The number of nitrogens with two attached hydrogens (primary N) is 1. The van der Waals surface area contributed by atoms with Gasteiger partial charge in [-0.05, 0) is 30.2 Å². The van der Waals surface area contributed by atoms with Gasteiger partial charge in [0.1, 0.15) is 5.82 Å². The van der Waals surface area contributed by atoms with Gasteiger partial charge in [-0.15, -0.1) is 0 Å². The minimum atomic E-state index is -0.164. The highest BCUT2D eigenvalue weighted by atomic mass is 32.2. The van der Waals surface area contributed by atoms with E-state index in [0.717, 1.165) is 11.3 Å². The predicted molar refractivity (Wildman–Crippen MR) is 60.9 cm³/mol. The van der Waals surface area contributed by atoms with E-state index in [1.54, 1.807) is 17.8 Å². The number of halogens is 1. The molecule has 1 unspecified atom stereocenters. The molecule has 0 heterocycles. The van der Waals surface area contributed by atoms with Crippen molar-refractivity contribution in [1.29, 1.82) is 0 Å². The lowest BCUT2D eigenvalue weighted by molar-refractivity contribution is 0.626. The highest BCUT2D eigenvalue weighted by Gasteiger charge is 2.03. The van der Waals surface area contributed by atoms with Gasteiger partial charge < -0.3 is 5.73 Å². The Hall–Kier alpha value is -0.540. The maximum atomic E-state index is 12.8. The largest absolute Gasteiger partial charge is 0.329 e. The van der Waals surface area contributed by atoms with Gasteiger partial charge in [-0.25, -0.2) is 4.39 Å². The Morgan fingerprint density at radius 2 is 2.21 bits per heavy atom. The zero-order valence-electron chi connectivity index (χ0n) is 8.59. The molecule has 2 N–H and O–H groups in total. The first-order chi connectivity index (χ1) is 6.63. The van der Waals surface area contributed by atoms with Crippen LogP contribution in [0.1, 0.15) is 18.1 Å². The Kier molecular flexibility index (Phi) is 4.42. The number of benzene rings is 1. The Balaban J connectivity index is 2.59. The molecular weight excluding hydrogens is 197 g/mol. The third kappa shape index (κ3) is 3.31. The topological polar surface area (TPSA) is 26.0 Å². The molecule has 78 valence electrons. The molecule has 0 aliphatic heterocycles. The minimum Gasteiger partial charge on any atom is -0.329 e. The van der Waals surface area contributed by atoms with Gasteiger partial charge in [0.15, 0.2) is 0 Å². The monoisotopic (exact) mass is 213 g/mol. The van der Waals surface area contributed by atoms with Crippen molar-refractivity contribution < 1.29 is 4.39 Å². The van der Waals surface area contributed by atoms with Crippen LogP contribution in [0.15, 0.2) is 18.2 Å². The van der Waals surface area contributed by atoms with E-state index in [1.165, 1.54) is 11.6 Å². The number of hydrogen-bond acceptors (Lipinski definition) is 2. The summed E-state index contributed by atoms with van der Waals surface area (Å²) in [5.41, 5.74) is 7.72. The quantitative estimate of drug-likeness (QED) is 0.832. The Morgan fingerprint density at radius 3 is 2.79 bits per heavy atom. The average Bonchev–Trinajstić information content (AvgIpc) is 2.16. The van der Waals surface area contributed by atoms with Crippen LogP contribution in [0, 0.1) is 12.7 Å². The number of thioether (sulfide) groups is 1. The Labute approximate surface area is 88.9 Å². The van der Waals surface area contributed by atoms with Gasteiger partial charge in [-0.3, -0.25) is 0 Å². The van der Waals surface area contributed by atoms with Crippen molar-refractivity contribution in [2.24, 2.45) is 5.73 Å². The summed E-state index contributed by atoms with van der Waals surface area (Å²) in [6.45, 7) is 4.72. The fraction of sp³-hybridized carbons (Fsp3) is 0.455.